The van der Waals surface area contributed by atoms with Crippen molar-refractivity contribution in [3.63, 3.8) is 0 Å². The van der Waals surface area contributed by atoms with E-state index in [1.807, 2.05) is 24.3 Å². The summed E-state index contributed by atoms with van der Waals surface area (Å²) in [6.07, 6.45) is 3.95. The lowest BCUT2D eigenvalue weighted by molar-refractivity contribution is 0.970. The number of aryl methyl sites for hydroxylation is 1. The first kappa shape index (κ1) is 26.9. The van der Waals surface area contributed by atoms with Gasteiger partial charge in [0.2, 0.25) is 0 Å². The van der Waals surface area contributed by atoms with Crippen LogP contribution in [0.2, 0.25) is 0 Å². The highest BCUT2D eigenvalue weighted by atomic mass is 15.2. The third kappa shape index (κ3) is 4.90. The molecular weight excluding hydrogens is 510 g/mol. The molecule has 5 aromatic rings. The maximum atomic E-state index is 4.95. The number of para-hydroxylation sites is 2. The molecule has 3 nitrogen and oxygen atoms in total. The van der Waals surface area contributed by atoms with Crippen LogP contribution in [0.1, 0.15) is 29.2 Å². The highest BCUT2D eigenvalue weighted by Crippen LogP contribution is 2.47. The SMILES string of the molecule is C=CC(=NC(=C)/C(C)=C/c1ccccc1C)c1ccc2c(c1)-c1ccc3ccccc3c1CN2c1ccccc1N=C. The molecule has 42 heavy (non-hydrogen) atoms. The van der Waals surface area contributed by atoms with Crippen LogP contribution in [0.15, 0.2) is 144 Å². The van der Waals surface area contributed by atoms with Gasteiger partial charge in [-0.25, -0.2) is 4.99 Å². The molecular formula is C39H33N3. The van der Waals surface area contributed by atoms with Gasteiger partial charge in [0.05, 0.1) is 22.8 Å². The number of benzene rings is 5. The van der Waals surface area contributed by atoms with Gasteiger partial charge in [-0.2, -0.15) is 0 Å². The zero-order chi connectivity index (χ0) is 29.2. The zero-order valence-corrected chi connectivity index (χ0v) is 24.1. The predicted molar refractivity (Wildman–Crippen MR) is 182 cm³/mol. The van der Waals surface area contributed by atoms with E-state index in [2.05, 4.69) is 135 Å². The van der Waals surface area contributed by atoms with Crippen LogP contribution in [0.5, 0.6) is 0 Å². The number of aliphatic imine (C=N–C) groups is 2. The zero-order valence-electron chi connectivity index (χ0n) is 24.1. The van der Waals surface area contributed by atoms with E-state index in [-0.39, 0.29) is 0 Å². The molecule has 0 aliphatic carbocycles. The van der Waals surface area contributed by atoms with Gasteiger partial charge in [-0.15, -0.1) is 0 Å². The molecule has 0 bridgehead atoms. The van der Waals surface area contributed by atoms with Crippen LogP contribution in [-0.2, 0) is 6.54 Å². The molecule has 1 heterocycles. The molecule has 0 saturated carbocycles. The Bertz CT molecular complexity index is 1940. The summed E-state index contributed by atoms with van der Waals surface area (Å²) in [6, 6.07) is 36.1. The standard InChI is InChI=1S/C39H33N3/c1-6-36(41-28(4)27(3)23-30-15-8-7-13-26(30)2)31-20-22-38-34(24-31)33-21-19-29-14-9-10-16-32(29)35(33)25-42(38)39-18-12-11-17-37(39)40-5/h6-24H,1,4-5,25H2,2-3H3/b27-23+,41-36?. The Morgan fingerprint density at radius 1 is 0.833 bits per heavy atom. The molecule has 1 aliphatic rings. The Kier molecular flexibility index (Phi) is 7.24. The average Bonchev–Trinajstić information content (AvgIpc) is 3.03. The minimum Gasteiger partial charge on any atom is -0.335 e. The smallest absolute Gasteiger partial charge is 0.0859 e. The highest BCUT2D eigenvalue weighted by Gasteiger charge is 2.26. The van der Waals surface area contributed by atoms with Crippen LogP contribution in [0.4, 0.5) is 17.1 Å². The number of allylic oxidation sites excluding steroid dienone is 2. The summed E-state index contributed by atoms with van der Waals surface area (Å²) in [4.78, 5) is 11.6. The molecule has 0 aromatic heterocycles. The highest BCUT2D eigenvalue weighted by molar-refractivity contribution is 6.11. The first-order valence-corrected chi connectivity index (χ1v) is 14.1. The Morgan fingerprint density at radius 2 is 1.60 bits per heavy atom. The minimum atomic E-state index is 0.713. The van der Waals surface area contributed by atoms with E-state index in [4.69, 9.17) is 4.99 Å². The molecule has 6 rings (SSSR count). The van der Waals surface area contributed by atoms with Crippen LogP contribution in [0.25, 0.3) is 28.0 Å². The molecule has 0 N–H and O–H groups in total. The molecule has 0 spiro atoms. The van der Waals surface area contributed by atoms with Gasteiger partial charge in [-0.1, -0.05) is 92.0 Å². The fraction of sp³-hybridized carbons (Fsp3) is 0.0769. The van der Waals surface area contributed by atoms with Crippen molar-refractivity contribution in [1.82, 2.24) is 0 Å². The lowest BCUT2D eigenvalue weighted by atomic mass is 9.87. The number of rotatable bonds is 7. The fourth-order valence-electron chi connectivity index (χ4n) is 5.72. The first-order valence-electron chi connectivity index (χ1n) is 14.1. The summed E-state index contributed by atoms with van der Waals surface area (Å²) in [6.45, 7) is 17.1. The molecule has 0 unspecified atom stereocenters. The normalized spacial score (nSPS) is 13.0. The maximum Gasteiger partial charge on any atom is 0.0859 e. The maximum absolute atomic E-state index is 4.95. The summed E-state index contributed by atoms with van der Waals surface area (Å²) in [7, 11) is 0. The van der Waals surface area contributed by atoms with Crippen LogP contribution < -0.4 is 4.90 Å². The summed E-state index contributed by atoms with van der Waals surface area (Å²) in [5, 5.41) is 2.48. The summed E-state index contributed by atoms with van der Waals surface area (Å²) in [5.41, 5.74) is 12.6. The topological polar surface area (TPSA) is 28.0 Å². The van der Waals surface area contributed by atoms with Crippen LogP contribution in [-0.4, -0.2) is 12.4 Å². The largest absolute Gasteiger partial charge is 0.335 e. The lowest BCUT2D eigenvalue weighted by Crippen LogP contribution is -2.22. The van der Waals surface area contributed by atoms with E-state index in [1.54, 1.807) is 0 Å². The summed E-state index contributed by atoms with van der Waals surface area (Å²) < 4.78 is 0. The molecule has 0 saturated heterocycles. The van der Waals surface area contributed by atoms with E-state index >= 15 is 0 Å². The second-order valence-corrected chi connectivity index (χ2v) is 10.6. The molecule has 0 amide bonds. The molecule has 3 heteroatoms. The summed E-state index contributed by atoms with van der Waals surface area (Å²) in [5.74, 6) is 0. The van der Waals surface area contributed by atoms with E-state index in [0.717, 1.165) is 46.0 Å². The predicted octanol–water partition coefficient (Wildman–Crippen LogP) is 10.4. The third-order valence-corrected chi connectivity index (χ3v) is 8.04. The summed E-state index contributed by atoms with van der Waals surface area (Å²) >= 11 is 0. The van der Waals surface area contributed by atoms with Crippen molar-refractivity contribution in [3.05, 3.63) is 156 Å². The molecule has 1 aliphatic heterocycles. The van der Waals surface area contributed by atoms with Crippen LogP contribution >= 0.6 is 0 Å². The number of hydrogen-bond acceptors (Lipinski definition) is 3. The number of hydrogen-bond donors (Lipinski definition) is 0. The molecule has 5 aromatic carbocycles. The fourth-order valence-corrected chi connectivity index (χ4v) is 5.72. The molecule has 0 fully saturated rings. The van der Waals surface area contributed by atoms with Crippen molar-refractivity contribution >= 4 is 46.3 Å². The van der Waals surface area contributed by atoms with E-state index in [1.165, 1.54) is 33.0 Å². The van der Waals surface area contributed by atoms with E-state index in [9.17, 15) is 0 Å². The Morgan fingerprint density at radius 3 is 2.40 bits per heavy atom. The number of nitrogens with zero attached hydrogens (tertiary/aromatic N) is 3. The van der Waals surface area contributed by atoms with Gasteiger partial charge in [0.15, 0.2) is 0 Å². The molecule has 204 valence electrons. The lowest BCUT2D eigenvalue weighted by Gasteiger charge is -2.34. The molecule has 0 radical (unpaired) electrons. The van der Waals surface area contributed by atoms with Crippen molar-refractivity contribution in [2.45, 2.75) is 20.4 Å². The second kappa shape index (κ2) is 11.3. The third-order valence-electron chi connectivity index (χ3n) is 8.04. The van der Waals surface area contributed by atoms with Gasteiger partial charge < -0.3 is 4.90 Å². The van der Waals surface area contributed by atoms with Gasteiger partial charge in [-0.3, -0.25) is 4.99 Å². The monoisotopic (exact) mass is 543 g/mol. The van der Waals surface area contributed by atoms with Crippen molar-refractivity contribution in [2.24, 2.45) is 9.98 Å². The quantitative estimate of drug-likeness (QED) is 0.148. The first-order chi connectivity index (χ1) is 20.5. The average molecular weight is 544 g/mol. The van der Waals surface area contributed by atoms with E-state index < -0.39 is 0 Å². The van der Waals surface area contributed by atoms with Crippen LogP contribution in [0, 0.1) is 6.92 Å². The van der Waals surface area contributed by atoms with Gasteiger partial charge in [0, 0.05) is 23.4 Å². The van der Waals surface area contributed by atoms with Gasteiger partial charge in [-0.05, 0) is 95.6 Å². The van der Waals surface area contributed by atoms with Crippen molar-refractivity contribution in [1.29, 1.82) is 0 Å². The minimum absolute atomic E-state index is 0.713. The van der Waals surface area contributed by atoms with Crippen molar-refractivity contribution in [3.8, 4) is 11.1 Å². The van der Waals surface area contributed by atoms with Crippen LogP contribution in [0.3, 0.4) is 0 Å². The Labute approximate surface area is 248 Å². The van der Waals surface area contributed by atoms with Gasteiger partial charge >= 0.3 is 0 Å². The van der Waals surface area contributed by atoms with Crippen molar-refractivity contribution < 1.29 is 0 Å². The second-order valence-electron chi connectivity index (χ2n) is 10.6. The molecule has 0 atom stereocenters. The number of anilines is 2. The number of fused-ring (bicyclic) bond motifs is 5. The van der Waals surface area contributed by atoms with Crippen molar-refractivity contribution in [2.75, 3.05) is 4.90 Å². The van der Waals surface area contributed by atoms with E-state index in [0.29, 0.717) is 5.70 Å². The van der Waals surface area contributed by atoms with Gasteiger partial charge in [0.1, 0.15) is 0 Å². The Hall–Kier alpha value is -5.28. The van der Waals surface area contributed by atoms with Gasteiger partial charge in [0.25, 0.3) is 0 Å². The Balaban J connectivity index is 1.48.